The van der Waals surface area contributed by atoms with E-state index in [0.717, 1.165) is 0 Å². The summed E-state index contributed by atoms with van der Waals surface area (Å²) in [7, 11) is -4.67. The van der Waals surface area contributed by atoms with Crippen molar-refractivity contribution >= 4 is 45.6 Å². The Balaban J connectivity index is 0. The molecular formula is C6H8NNaO6S. The van der Waals surface area contributed by atoms with E-state index in [2.05, 4.69) is 0 Å². The molecule has 0 aliphatic rings. The van der Waals surface area contributed by atoms with E-state index in [4.69, 9.17) is 17.5 Å². The van der Waals surface area contributed by atoms with E-state index in [9.17, 15) is 10.1 Å². The van der Waals surface area contributed by atoms with Gasteiger partial charge in [0.2, 0.25) is 0 Å². The molecule has 0 heterocycles. The van der Waals surface area contributed by atoms with Crippen LogP contribution >= 0.6 is 0 Å². The molecule has 1 aromatic carbocycles. The molecule has 1 rings (SSSR count). The van der Waals surface area contributed by atoms with Crippen LogP contribution in [0.2, 0.25) is 0 Å². The number of para-hydroxylation sites is 1. The molecule has 0 fully saturated rings. The van der Waals surface area contributed by atoms with Crippen molar-refractivity contribution in [2.45, 2.75) is 0 Å². The van der Waals surface area contributed by atoms with E-state index in [0.29, 0.717) is 0 Å². The van der Waals surface area contributed by atoms with Crippen LogP contribution < -0.4 is 0 Å². The topological polar surface area (TPSA) is 118 Å². The molecule has 0 spiro atoms. The number of nitrogens with zero attached hydrogens (tertiary/aromatic N) is 1. The second-order valence-corrected chi connectivity index (χ2v) is 2.94. The van der Waals surface area contributed by atoms with Crippen molar-refractivity contribution in [3.05, 3.63) is 40.4 Å². The fourth-order valence-electron chi connectivity index (χ4n) is 0.550. The first-order valence-corrected chi connectivity index (χ1v) is 4.59. The molecule has 0 unspecified atom stereocenters. The molecule has 0 atom stereocenters. The predicted octanol–water partition coefficient (Wildman–Crippen LogP) is 0.294. The molecule has 0 amide bonds. The summed E-state index contributed by atoms with van der Waals surface area (Å²) in [6.45, 7) is 0. The SMILES string of the molecule is O=S(=O)(O)O.O=[N+]([O-])c1ccccc1.[NaH]. The van der Waals surface area contributed by atoms with Gasteiger partial charge in [-0.25, -0.2) is 0 Å². The van der Waals surface area contributed by atoms with Crippen molar-refractivity contribution in [1.82, 2.24) is 0 Å². The van der Waals surface area contributed by atoms with Crippen molar-refractivity contribution in [2.24, 2.45) is 0 Å². The van der Waals surface area contributed by atoms with Crippen LogP contribution in [0.1, 0.15) is 0 Å². The van der Waals surface area contributed by atoms with Gasteiger partial charge in [0.1, 0.15) is 0 Å². The Morgan fingerprint density at radius 1 is 1.13 bits per heavy atom. The first kappa shape index (κ1) is 16.9. The second kappa shape index (κ2) is 7.74. The number of nitro benzene ring substituents is 1. The summed E-state index contributed by atoms with van der Waals surface area (Å²) < 4.78 is 31.6. The Hall–Kier alpha value is -0.510. The van der Waals surface area contributed by atoms with Gasteiger partial charge in [0.15, 0.2) is 0 Å². The molecule has 0 aliphatic heterocycles. The number of benzene rings is 1. The molecule has 15 heavy (non-hydrogen) atoms. The third kappa shape index (κ3) is 13.5. The Bertz CT molecular complexity index is 383. The number of non-ortho nitro benzene ring substituents is 1. The van der Waals surface area contributed by atoms with Crippen LogP contribution in [0.3, 0.4) is 0 Å². The van der Waals surface area contributed by atoms with Gasteiger partial charge in [-0.15, -0.1) is 0 Å². The maximum atomic E-state index is 10.0. The summed E-state index contributed by atoms with van der Waals surface area (Å²) in [5.41, 5.74) is 0.137. The van der Waals surface area contributed by atoms with Crippen LogP contribution in [0.25, 0.3) is 0 Å². The van der Waals surface area contributed by atoms with Gasteiger partial charge in [-0.1, -0.05) is 18.2 Å². The number of hydrogen-bond donors (Lipinski definition) is 2. The minimum atomic E-state index is -4.67. The Morgan fingerprint density at radius 3 is 1.67 bits per heavy atom. The van der Waals surface area contributed by atoms with E-state index < -0.39 is 15.3 Å². The van der Waals surface area contributed by atoms with Crippen molar-refractivity contribution in [2.75, 3.05) is 0 Å². The zero-order chi connectivity index (χ0) is 11.2. The first-order valence-electron chi connectivity index (χ1n) is 3.20. The minimum absolute atomic E-state index is 0. The standard InChI is InChI=1S/C6H5NO2.Na.H2O4S.H/c8-7(9)6-4-2-1-3-5-6;;1-5(2,3)4;/h1-5H;;(H2,1,2,3,4);. The molecule has 7 nitrogen and oxygen atoms in total. The van der Waals surface area contributed by atoms with Gasteiger partial charge in [-0.3, -0.25) is 19.2 Å². The van der Waals surface area contributed by atoms with E-state index in [-0.39, 0.29) is 35.2 Å². The first-order chi connectivity index (χ1) is 6.30. The van der Waals surface area contributed by atoms with Gasteiger partial charge in [-0.05, 0) is 0 Å². The Labute approximate surface area is 108 Å². The Kier molecular flexibility index (Phi) is 8.72. The fraction of sp³-hybridized carbons (Fsp3) is 0. The van der Waals surface area contributed by atoms with Crippen LogP contribution in [0.4, 0.5) is 5.69 Å². The average Bonchev–Trinajstić information content (AvgIpc) is 2.03. The van der Waals surface area contributed by atoms with Gasteiger partial charge in [0.05, 0.1) is 4.92 Å². The van der Waals surface area contributed by atoms with Crippen LogP contribution in [0.15, 0.2) is 30.3 Å². The predicted molar refractivity (Wildman–Crippen MR) is 54.4 cm³/mol. The van der Waals surface area contributed by atoms with Gasteiger partial charge < -0.3 is 0 Å². The van der Waals surface area contributed by atoms with Gasteiger partial charge in [-0.2, -0.15) is 8.42 Å². The number of hydrogen-bond acceptors (Lipinski definition) is 4. The normalized spacial score (nSPS) is 9.20. The van der Waals surface area contributed by atoms with E-state index in [1.807, 2.05) is 0 Å². The van der Waals surface area contributed by atoms with Crippen LogP contribution in [0, 0.1) is 10.1 Å². The third-order valence-corrected chi connectivity index (χ3v) is 0.967. The van der Waals surface area contributed by atoms with Crippen LogP contribution in [0.5, 0.6) is 0 Å². The summed E-state index contributed by atoms with van der Waals surface area (Å²) in [6.07, 6.45) is 0. The quantitative estimate of drug-likeness (QED) is 0.318. The monoisotopic (exact) mass is 245 g/mol. The molecule has 0 bridgehead atoms. The second-order valence-electron chi connectivity index (χ2n) is 2.04. The fourth-order valence-corrected chi connectivity index (χ4v) is 0.550. The summed E-state index contributed by atoms with van der Waals surface area (Å²) in [4.78, 5) is 9.59. The summed E-state index contributed by atoms with van der Waals surface area (Å²) in [5, 5.41) is 10.0. The summed E-state index contributed by atoms with van der Waals surface area (Å²) in [5.74, 6) is 0. The van der Waals surface area contributed by atoms with Crippen molar-refractivity contribution in [3.63, 3.8) is 0 Å². The molecule has 1 aromatic rings. The molecular weight excluding hydrogens is 237 g/mol. The molecule has 0 saturated heterocycles. The van der Waals surface area contributed by atoms with Crippen LogP contribution in [-0.4, -0.2) is 52.0 Å². The molecule has 2 N–H and O–H groups in total. The summed E-state index contributed by atoms with van der Waals surface area (Å²) >= 11 is 0. The molecule has 0 aliphatic carbocycles. The maximum absolute atomic E-state index is 10.0. The average molecular weight is 245 g/mol. The molecule has 80 valence electrons. The molecule has 0 saturated carbocycles. The molecule has 0 aromatic heterocycles. The van der Waals surface area contributed by atoms with Crippen molar-refractivity contribution < 1.29 is 22.4 Å². The van der Waals surface area contributed by atoms with Gasteiger partial charge in [0, 0.05) is 12.1 Å². The van der Waals surface area contributed by atoms with Gasteiger partial charge in [0.25, 0.3) is 5.69 Å². The Morgan fingerprint density at radius 2 is 1.47 bits per heavy atom. The van der Waals surface area contributed by atoms with Gasteiger partial charge >= 0.3 is 40.0 Å². The zero-order valence-electron chi connectivity index (χ0n) is 6.77. The summed E-state index contributed by atoms with van der Waals surface area (Å²) in [6, 6.07) is 7.93. The molecule has 9 heteroatoms. The van der Waals surface area contributed by atoms with Crippen molar-refractivity contribution in [1.29, 1.82) is 0 Å². The van der Waals surface area contributed by atoms with Crippen molar-refractivity contribution in [3.8, 4) is 0 Å². The number of nitro groups is 1. The zero-order valence-corrected chi connectivity index (χ0v) is 7.59. The van der Waals surface area contributed by atoms with E-state index >= 15 is 0 Å². The van der Waals surface area contributed by atoms with Crippen LogP contribution in [-0.2, 0) is 10.4 Å². The third-order valence-electron chi connectivity index (χ3n) is 0.967. The van der Waals surface area contributed by atoms with E-state index in [1.54, 1.807) is 18.2 Å². The van der Waals surface area contributed by atoms with E-state index in [1.165, 1.54) is 12.1 Å². The number of rotatable bonds is 1. The molecule has 0 radical (unpaired) electrons.